The molecular formula is C11H16ClN. The lowest BCUT2D eigenvalue weighted by molar-refractivity contribution is 0.558. The zero-order chi connectivity index (χ0) is 8.55. The molecule has 13 heavy (non-hydrogen) atoms. The van der Waals surface area contributed by atoms with Crippen LogP contribution < -0.4 is 5.73 Å². The van der Waals surface area contributed by atoms with Gasteiger partial charge in [-0.25, -0.2) is 0 Å². The third kappa shape index (κ3) is 1.72. The maximum absolute atomic E-state index is 6.04. The predicted octanol–water partition coefficient (Wildman–Crippen LogP) is 2.49. The summed E-state index contributed by atoms with van der Waals surface area (Å²) in [4.78, 5) is 0. The van der Waals surface area contributed by atoms with Crippen LogP contribution in [0.25, 0.3) is 0 Å². The van der Waals surface area contributed by atoms with Crippen molar-refractivity contribution >= 4 is 12.4 Å². The van der Waals surface area contributed by atoms with Crippen LogP contribution in [0.5, 0.6) is 0 Å². The van der Waals surface area contributed by atoms with E-state index in [1.165, 1.54) is 11.1 Å². The molecule has 0 saturated heterocycles. The number of hydrogen-bond acceptors (Lipinski definition) is 1. The van der Waals surface area contributed by atoms with Crippen molar-refractivity contribution in [2.24, 2.45) is 5.73 Å². The Hall–Kier alpha value is -0.530. The minimum Gasteiger partial charge on any atom is -0.327 e. The number of halogens is 1. The molecule has 1 aliphatic carbocycles. The third-order valence-corrected chi connectivity index (χ3v) is 2.87. The maximum atomic E-state index is 6.04. The van der Waals surface area contributed by atoms with E-state index in [4.69, 9.17) is 5.73 Å². The van der Waals surface area contributed by atoms with Crippen LogP contribution in [0.3, 0.4) is 0 Å². The van der Waals surface area contributed by atoms with Gasteiger partial charge in [0.2, 0.25) is 0 Å². The SMILES string of the molecule is CCC1c2ccccc2CC1N.Cl. The van der Waals surface area contributed by atoms with Crippen molar-refractivity contribution in [3.63, 3.8) is 0 Å². The maximum Gasteiger partial charge on any atom is 0.0149 e. The second-order valence-electron chi connectivity index (χ2n) is 3.58. The van der Waals surface area contributed by atoms with Gasteiger partial charge in [0.15, 0.2) is 0 Å². The van der Waals surface area contributed by atoms with Gasteiger partial charge in [-0.15, -0.1) is 12.4 Å². The average molecular weight is 198 g/mol. The fraction of sp³-hybridized carbons (Fsp3) is 0.455. The van der Waals surface area contributed by atoms with Crippen LogP contribution in [0.4, 0.5) is 0 Å². The zero-order valence-electron chi connectivity index (χ0n) is 7.86. The Labute approximate surface area is 85.7 Å². The Morgan fingerprint density at radius 3 is 2.77 bits per heavy atom. The molecule has 0 spiro atoms. The first-order valence-electron chi connectivity index (χ1n) is 4.66. The largest absolute Gasteiger partial charge is 0.327 e. The van der Waals surface area contributed by atoms with E-state index in [1.54, 1.807) is 0 Å². The van der Waals surface area contributed by atoms with E-state index in [9.17, 15) is 0 Å². The topological polar surface area (TPSA) is 26.0 Å². The summed E-state index contributed by atoms with van der Waals surface area (Å²) in [7, 11) is 0. The molecule has 1 aliphatic rings. The van der Waals surface area contributed by atoms with Gasteiger partial charge in [-0.1, -0.05) is 31.2 Å². The zero-order valence-corrected chi connectivity index (χ0v) is 8.68. The Bertz CT molecular complexity index is 285. The molecule has 2 rings (SSSR count). The fourth-order valence-corrected chi connectivity index (χ4v) is 2.23. The summed E-state index contributed by atoms with van der Waals surface area (Å²) in [5.74, 6) is 0.598. The highest BCUT2D eigenvalue weighted by Crippen LogP contribution is 2.33. The quantitative estimate of drug-likeness (QED) is 0.736. The van der Waals surface area contributed by atoms with E-state index < -0.39 is 0 Å². The molecule has 2 heteroatoms. The lowest BCUT2D eigenvalue weighted by Gasteiger charge is -2.13. The first-order chi connectivity index (χ1) is 5.83. The number of nitrogens with two attached hydrogens (primary N) is 1. The number of fused-ring (bicyclic) bond motifs is 1. The summed E-state index contributed by atoms with van der Waals surface area (Å²) in [5.41, 5.74) is 8.97. The monoisotopic (exact) mass is 197 g/mol. The molecule has 2 atom stereocenters. The molecule has 0 radical (unpaired) electrons. The third-order valence-electron chi connectivity index (χ3n) is 2.87. The average Bonchev–Trinajstić information content (AvgIpc) is 2.40. The molecule has 0 heterocycles. The molecule has 1 aromatic carbocycles. The molecule has 1 aromatic rings. The van der Waals surface area contributed by atoms with Crippen molar-refractivity contribution in [2.75, 3.05) is 0 Å². The van der Waals surface area contributed by atoms with E-state index in [0.717, 1.165) is 12.8 Å². The van der Waals surface area contributed by atoms with Gasteiger partial charge in [-0.3, -0.25) is 0 Å². The Kier molecular flexibility index (Phi) is 3.34. The number of hydrogen-bond donors (Lipinski definition) is 1. The molecule has 0 saturated carbocycles. The number of benzene rings is 1. The van der Waals surface area contributed by atoms with Crippen molar-refractivity contribution in [2.45, 2.75) is 31.7 Å². The van der Waals surface area contributed by atoms with Gasteiger partial charge in [0.05, 0.1) is 0 Å². The van der Waals surface area contributed by atoms with Crippen LogP contribution in [0.15, 0.2) is 24.3 Å². The summed E-state index contributed by atoms with van der Waals surface area (Å²) in [6, 6.07) is 8.98. The molecule has 2 N–H and O–H groups in total. The normalized spacial score (nSPS) is 25.1. The molecule has 0 fully saturated rings. The predicted molar refractivity (Wildman–Crippen MR) is 58.4 cm³/mol. The van der Waals surface area contributed by atoms with E-state index >= 15 is 0 Å². The molecule has 0 aliphatic heterocycles. The first-order valence-corrected chi connectivity index (χ1v) is 4.66. The Balaban J connectivity index is 0.000000845. The smallest absolute Gasteiger partial charge is 0.0149 e. The second kappa shape index (κ2) is 4.12. The summed E-state index contributed by atoms with van der Waals surface area (Å²) in [5, 5.41) is 0. The van der Waals surface area contributed by atoms with Crippen LogP contribution in [0.1, 0.15) is 30.4 Å². The first kappa shape index (κ1) is 10.6. The highest BCUT2D eigenvalue weighted by Gasteiger charge is 2.27. The summed E-state index contributed by atoms with van der Waals surface area (Å²) in [6.07, 6.45) is 2.23. The van der Waals surface area contributed by atoms with Crippen LogP contribution in [-0.2, 0) is 6.42 Å². The van der Waals surface area contributed by atoms with Crippen LogP contribution in [0, 0.1) is 0 Å². The van der Waals surface area contributed by atoms with Crippen molar-refractivity contribution in [1.82, 2.24) is 0 Å². The van der Waals surface area contributed by atoms with Gasteiger partial charge in [-0.2, -0.15) is 0 Å². The highest BCUT2D eigenvalue weighted by molar-refractivity contribution is 5.85. The fourth-order valence-electron chi connectivity index (χ4n) is 2.23. The van der Waals surface area contributed by atoms with Crippen molar-refractivity contribution < 1.29 is 0 Å². The van der Waals surface area contributed by atoms with Gasteiger partial charge in [0.1, 0.15) is 0 Å². The van der Waals surface area contributed by atoms with Gasteiger partial charge in [0, 0.05) is 6.04 Å². The molecular weight excluding hydrogens is 182 g/mol. The summed E-state index contributed by atoms with van der Waals surface area (Å²) < 4.78 is 0. The van der Waals surface area contributed by atoms with E-state index in [2.05, 4.69) is 31.2 Å². The van der Waals surface area contributed by atoms with Gasteiger partial charge >= 0.3 is 0 Å². The highest BCUT2D eigenvalue weighted by atomic mass is 35.5. The van der Waals surface area contributed by atoms with Crippen LogP contribution >= 0.6 is 12.4 Å². The standard InChI is InChI=1S/C11H15N.ClH/c1-2-9-10-6-4-3-5-8(10)7-11(9)12;/h3-6,9,11H,2,7,12H2,1H3;1H. The van der Waals surface area contributed by atoms with Crippen molar-refractivity contribution in [3.05, 3.63) is 35.4 Å². The van der Waals surface area contributed by atoms with Crippen LogP contribution in [0.2, 0.25) is 0 Å². The minimum absolute atomic E-state index is 0. The van der Waals surface area contributed by atoms with Crippen LogP contribution in [-0.4, -0.2) is 6.04 Å². The second-order valence-corrected chi connectivity index (χ2v) is 3.58. The lowest BCUT2D eigenvalue weighted by Crippen LogP contribution is -2.24. The molecule has 72 valence electrons. The summed E-state index contributed by atoms with van der Waals surface area (Å²) >= 11 is 0. The Morgan fingerprint density at radius 2 is 2.08 bits per heavy atom. The van der Waals surface area contributed by atoms with E-state index in [1.807, 2.05) is 0 Å². The minimum atomic E-state index is 0. The summed E-state index contributed by atoms with van der Waals surface area (Å²) in [6.45, 7) is 2.21. The van der Waals surface area contributed by atoms with Crippen molar-refractivity contribution in [3.8, 4) is 0 Å². The molecule has 1 nitrogen and oxygen atoms in total. The molecule has 0 amide bonds. The van der Waals surface area contributed by atoms with Crippen molar-refractivity contribution in [1.29, 1.82) is 0 Å². The van der Waals surface area contributed by atoms with Gasteiger partial charge in [0.25, 0.3) is 0 Å². The van der Waals surface area contributed by atoms with E-state index in [-0.39, 0.29) is 12.4 Å². The van der Waals surface area contributed by atoms with E-state index in [0.29, 0.717) is 12.0 Å². The Morgan fingerprint density at radius 1 is 1.38 bits per heavy atom. The molecule has 0 aromatic heterocycles. The molecule has 2 unspecified atom stereocenters. The lowest BCUT2D eigenvalue weighted by atomic mass is 9.96. The number of rotatable bonds is 1. The van der Waals surface area contributed by atoms with Gasteiger partial charge in [-0.05, 0) is 29.9 Å². The molecule has 0 bridgehead atoms. The van der Waals surface area contributed by atoms with Gasteiger partial charge < -0.3 is 5.73 Å².